The van der Waals surface area contributed by atoms with Crippen LogP contribution in [0.3, 0.4) is 0 Å². The average molecular weight is 356 g/mol. The maximum atomic E-state index is 12.9. The first-order chi connectivity index (χ1) is 12.5. The molecule has 0 aliphatic heterocycles. The zero-order chi connectivity index (χ0) is 18.9. The average Bonchev–Trinajstić information content (AvgIpc) is 2.64. The lowest BCUT2D eigenvalue weighted by Gasteiger charge is -2.21. The van der Waals surface area contributed by atoms with E-state index in [-0.39, 0.29) is 30.3 Å². The van der Waals surface area contributed by atoms with Crippen molar-refractivity contribution in [3.05, 3.63) is 59.9 Å². The van der Waals surface area contributed by atoms with E-state index in [1.54, 1.807) is 0 Å². The third-order valence-corrected chi connectivity index (χ3v) is 4.25. The van der Waals surface area contributed by atoms with Crippen molar-refractivity contribution in [1.82, 2.24) is 0 Å². The third kappa shape index (κ3) is 5.69. The Hall–Kier alpha value is -2.69. The minimum absolute atomic E-state index is 0.0821. The van der Waals surface area contributed by atoms with Gasteiger partial charge in [-0.2, -0.15) is 0 Å². The van der Waals surface area contributed by atoms with Gasteiger partial charge in [-0.25, -0.2) is 4.39 Å². The Labute approximate surface area is 154 Å². The van der Waals surface area contributed by atoms with E-state index in [1.807, 2.05) is 24.3 Å². The number of nitrogens with zero attached hydrogens (tertiary/aromatic N) is 1. The highest BCUT2D eigenvalue weighted by atomic mass is 19.1. The second-order valence-electron chi connectivity index (χ2n) is 6.05. The summed E-state index contributed by atoms with van der Waals surface area (Å²) in [5, 5.41) is 2.85. The summed E-state index contributed by atoms with van der Waals surface area (Å²) in [6, 6.07) is 13.2. The Balaban J connectivity index is 1.78. The van der Waals surface area contributed by atoms with Crippen molar-refractivity contribution in [1.29, 1.82) is 0 Å². The Bertz CT molecular complexity index is 723. The largest absolute Gasteiger partial charge is 0.372 e. The molecule has 26 heavy (non-hydrogen) atoms. The highest BCUT2D eigenvalue weighted by Gasteiger charge is 2.09. The molecule has 5 heteroatoms. The zero-order valence-electron chi connectivity index (χ0n) is 15.3. The Kier molecular flexibility index (Phi) is 7.33. The summed E-state index contributed by atoms with van der Waals surface area (Å²) in [7, 11) is 0. The first-order valence-corrected chi connectivity index (χ1v) is 8.97. The molecule has 1 N–H and O–H groups in total. The third-order valence-electron chi connectivity index (χ3n) is 4.25. The molecule has 2 aromatic carbocycles. The van der Waals surface area contributed by atoms with Gasteiger partial charge in [0.2, 0.25) is 5.91 Å². The zero-order valence-corrected chi connectivity index (χ0v) is 15.3. The standard InChI is InChI=1S/C21H25FN2O2/c1-3-24(4-2)19-14-12-18(13-15-19)23-21(26)7-5-6-20(25)16-8-10-17(22)11-9-16/h8-15H,3-7H2,1-2H3,(H,23,26). The van der Waals surface area contributed by atoms with Crippen LogP contribution in [0.15, 0.2) is 48.5 Å². The molecule has 4 nitrogen and oxygen atoms in total. The van der Waals surface area contributed by atoms with Crippen molar-refractivity contribution in [2.24, 2.45) is 0 Å². The molecule has 0 aliphatic rings. The van der Waals surface area contributed by atoms with Crippen LogP contribution >= 0.6 is 0 Å². The number of halogens is 1. The fourth-order valence-electron chi connectivity index (χ4n) is 2.76. The van der Waals surface area contributed by atoms with Crippen LogP contribution < -0.4 is 10.2 Å². The fourth-order valence-corrected chi connectivity index (χ4v) is 2.76. The maximum Gasteiger partial charge on any atom is 0.224 e. The quantitative estimate of drug-likeness (QED) is 0.665. The Morgan fingerprint density at radius 3 is 2.12 bits per heavy atom. The van der Waals surface area contributed by atoms with Gasteiger partial charge in [-0.15, -0.1) is 0 Å². The molecule has 0 spiro atoms. The second kappa shape index (κ2) is 9.70. The predicted octanol–water partition coefficient (Wildman–Crippen LogP) is 4.66. The van der Waals surface area contributed by atoms with E-state index < -0.39 is 0 Å². The number of amides is 1. The Morgan fingerprint density at radius 2 is 1.54 bits per heavy atom. The fraction of sp³-hybridized carbons (Fsp3) is 0.333. The normalized spacial score (nSPS) is 10.4. The maximum absolute atomic E-state index is 12.9. The minimum atomic E-state index is -0.368. The van der Waals surface area contributed by atoms with Crippen molar-refractivity contribution < 1.29 is 14.0 Å². The van der Waals surface area contributed by atoms with Gasteiger partial charge in [-0.05, 0) is 68.8 Å². The minimum Gasteiger partial charge on any atom is -0.372 e. The summed E-state index contributed by atoms with van der Waals surface area (Å²) in [5.41, 5.74) is 2.34. The number of benzene rings is 2. The first kappa shape index (κ1) is 19.6. The molecule has 138 valence electrons. The highest BCUT2D eigenvalue weighted by Crippen LogP contribution is 2.18. The van der Waals surface area contributed by atoms with Crippen LogP contribution in [0, 0.1) is 5.82 Å². The molecule has 0 radical (unpaired) electrons. The van der Waals surface area contributed by atoms with E-state index in [0.717, 1.165) is 24.5 Å². The highest BCUT2D eigenvalue weighted by molar-refractivity contribution is 5.96. The summed E-state index contributed by atoms with van der Waals surface area (Å²) >= 11 is 0. The molecule has 0 saturated heterocycles. The van der Waals surface area contributed by atoms with Crippen LogP contribution in [0.5, 0.6) is 0 Å². The molecule has 2 rings (SSSR count). The summed E-state index contributed by atoms with van der Waals surface area (Å²) in [6.07, 6.45) is 0.990. The number of hydrogen-bond acceptors (Lipinski definition) is 3. The lowest BCUT2D eigenvalue weighted by molar-refractivity contribution is -0.116. The molecule has 0 bridgehead atoms. The topological polar surface area (TPSA) is 49.4 Å². The Morgan fingerprint density at radius 1 is 0.923 bits per heavy atom. The summed E-state index contributed by atoms with van der Waals surface area (Å²) in [5.74, 6) is -0.568. The van der Waals surface area contributed by atoms with Crippen molar-refractivity contribution in [2.45, 2.75) is 33.1 Å². The van der Waals surface area contributed by atoms with Gasteiger partial charge < -0.3 is 10.2 Å². The van der Waals surface area contributed by atoms with Crippen LogP contribution in [0.2, 0.25) is 0 Å². The van der Waals surface area contributed by atoms with Gasteiger partial charge in [0.15, 0.2) is 5.78 Å². The number of Topliss-reactive ketones (excluding diaryl/α,β-unsaturated/α-hetero) is 1. The van der Waals surface area contributed by atoms with Crippen molar-refractivity contribution >= 4 is 23.1 Å². The van der Waals surface area contributed by atoms with Crippen LogP contribution in [0.25, 0.3) is 0 Å². The van der Waals surface area contributed by atoms with Crippen LogP contribution in [0.4, 0.5) is 15.8 Å². The van der Waals surface area contributed by atoms with Gasteiger partial charge in [0.1, 0.15) is 5.82 Å². The summed E-state index contributed by atoms with van der Waals surface area (Å²) in [4.78, 5) is 26.2. The molecule has 2 aromatic rings. The number of rotatable bonds is 9. The number of hydrogen-bond donors (Lipinski definition) is 1. The van der Waals surface area contributed by atoms with Gasteiger partial charge in [-0.3, -0.25) is 9.59 Å². The van der Waals surface area contributed by atoms with E-state index in [2.05, 4.69) is 24.1 Å². The van der Waals surface area contributed by atoms with Crippen molar-refractivity contribution in [2.75, 3.05) is 23.3 Å². The van der Waals surface area contributed by atoms with E-state index >= 15 is 0 Å². The molecule has 0 atom stereocenters. The van der Waals surface area contributed by atoms with Crippen LogP contribution in [-0.4, -0.2) is 24.8 Å². The number of carbonyl (C=O) groups is 2. The summed E-state index contributed by atoms with van der Waals surface area (Å²) < 4.78 is 12.9. The smallest absolute Gasteiger partial charge is 0.224 e. The SMILES string of the molecule is CCN(CC)c1ccc(NC(=O)CCCC(=O)c2ccc(F)cc2)cc1. The molecule has 0 aliphatic carbocycles. The van der Waals surface area contributed by atoms with Crippen molar-refractivity contribution in [3.8, 4) is 0 Å². The first-order valence-electron chi connectivity index (χ1n) is 8.97. The number of anilines is 2. The number of carbonyl (C=O) groups excluding carboxylic acids is 2. The number of nitrogens with one attached hydrogen (secondary N) is 1. The van der Waals surface area contributed by atoms with Gasteiger partial charge in [0, 0.05) is 42.9 Å². The number of ketones is 1. The molecule has 1 amide bonds. The molecule has 0 aromatic heterocycles. The predicted molar refractivity (Wildman–Crippen MR) is 103 cm³/mol. The van der Waals surface area contributed by atoms with Crippen LogP contribution in [0.1, 0.15) is 43.5 Å². The van der Waals surface area contributed by atoms with Gasteiger partial charge >= 0.3 is 0 Å². The van der Waals surface area contributed by atoms with E-state index in [4.69, 9.17) is 0 Å². The lowest BCUT2D eigenvalue weighted by atomic mass is 10.1. The second-order valence-corrected chi connectivity index (χ2v) is 6.05. The van der Waals surface area contributed by atoms with Gasteiger partial charge in [-0.1, -0.05) is 0 Å². The van der Waals surface area contributed by atoms with Crippen LogP contribution in [-0.2, 0) is 4.79 Å². The van der Waals surface area contributed by atoms with Gasteiger partial charge in [0.25, 0.3) is 0 Å². The van der Waals surface area contributed by atoms with E-state index in [0.29, 0.717) is 12.0 Å². The molecular weight excluding hydrogens is 331 g/mol. The lowest BCUT2D eigenvalue weighted by Crippen LogP contribution is -2.21. The molecular formula is C21H25FN2O2. The van der Waals surface area contributed by atoms with E-state index in [1.165, 1.54) is 24.3 Å². The monoisotopic (exact) mass is 356 g/mol. The van der Waals surface area contributed by atoms with Crippen molar-refractivity contribution in [3.63, 3.8) is 0 Å². The molecule has 0 fully saturated rings. The van der Waals surface area contributed by atoms with E-state index in [9.17, 15) is 14.0 Å². The molecule has 0 saturated carbocycles. The molecule has 0 heterocycles. The molecule has 0 unspecified atom stereocenters. The summed E-state index contributed by atoms with van der Waals surface area (Å²) in [6.45, 7) is 6.08. The van der Waals surface area contributed by atoms with Gasteiger partial charge in [0.05, 0.1) is 0 Å².